The number of aromatic nitrogens is 1. The van der Waals surface area contributed by atoms with Crippen LogP contribution in [0.1, 0.15) is 16.1 Å². The van der Waals surface area contributed by atoms with E-state index >= 15 is 0 Å². The van der Waals surface area contributed by atoms with E-state index in [0.29, 0.717) is 5.56 Å². The summed E-state index contributed by atoms with van der Waals surface area (Å²) in [5, 5.41) is 0. The first-order valence-electron chi connectivity index (χ1n) is 6.07. The maximum absolute atomic E-state index is 12.0. The zero-order chi connectivity index (χ0) is 13.7. The van der Waals surface area contributed by atoms with Crippen molar-refractivity contribution in [1.82, 2.24) is 4.98 Å². The third-order valence-corrected chi connectivity index (χ3v) is 2.76. The van der Waals surface area contributed by atoms with Gasteiger partial charge in [-0.1, -0.05) is 6.07 Å². The van der Waals surface area contributed by atoms with E-state index in [1.807, 2.05) is 61.5 Å². The predicted octanol–water partition coefficient (Wildman–Crippen LogP) is 3.04. The first-order valence-corrected chi connectivity index (χ1v) is 6.07. The molecule has 0 fully saturated rings. The quantitative estimate of drug-likeness (QED) is 0.619. The molecule has 0 atom stereocenters. The maximum atomic E-state index is 12.0. The summed E-state index contributed by atoms with van der Waals surface area (Å²) in [6, 6.07) is 13.1. The Kier molecular flexibility index (Phi) is 4.08. The molecule has 19 heavy (non-hydrogen) atoms. The molecule has 1 aromatic carbocycles. The van der Waals surface area contributed by atoms with Crippen LogP contribution in [0.5, 0.6) is 0 Å². The van der Waals surface area contributed by atoms with Gasteiger partial charge in [-0.25, -0.2) is 0 Å². The number of benzene rings is 1. The summed E-state index contributed by atoms with van der Waals surface area (Å²) in [5.74, 6) is -0.0176. The van der Waals surface area contributed by atoms with Gasteiger partial charge < -0.3 is 4.90 Å². The summed E-state index contributed by atoms with van der Waals surface area (Å²) >= 11 is 0. The molecule has 2 aromatic rings. The highest BCUT2D eigenvalue weighted by atomic mass is 16.1. The number of anilines is 1. The number of nitrogens with zero attached hydrogens (tertiary/aromatic N) is 2. The predicted molar refractivity (Wildman–Crippen MR) is 78.4 cm³/mol. The SMILES string of the molecule is CN(C)c1ccc(C(=O)/C=C/c2ccccn2)cc1. The number of rotatable bonds is 4. The first-order chi connectivity index (χ1) is 9.16. The van der Waals surface area contributed by atoms with Crippen molar-refractivity contribution in [3.63, 3.8) is 0 Å². The fourth-order valence-corrected chi connectivity index (χ4v) is 1.66. The van der Waals surface area contributed by atoms with Crippen molar-refractivity contribution >= 4 is 17.5 Å². The van der Waals surface area contributed by atoms with Gasteiger partial charge in [0.2, 0.25) is 0 Å². The van der Waals surface area contributed by atoms with Crippen LogP contribution in [-0.2, 0) is 0 Å². The average Bonchev–Trinajstić information content (AvgIpc) is 2.46. The lowest BCUT2D eigenvalue weighted by molar-refractivity contribution is 0.104. The molecule has 0 amide bonds. The minimum Gasteiger partial charge on any atom is -0.378 e. The molecule has 3 nitrogen and oxygen atoms in total. The van der Waals surface area contributed by atoms with Gasteiger partial charge in [0.05, 0.1) is 5.69 Å². The molecule has 0 saturated carbocycles. The number of ketones is 1. The van der Waals surface area contributed by atoms with Gasteiger partial charge in [0.1, 0.15) is 0 Å². The Morgan fingerprint density at radius 3 is 2.42 bits per heavy atom. The highest BCUT2D eigenvalue weighted by Gasteiger charge is 2.02. The van der Waals surface area contributed by atoms with Crippen LogP contribution in [0.15, 0.2) is 54.7 Å². The van der Waals surface area contributed by atoms with Gasteiger partial charge >= 0.3 is 0 Å². The van der Waals surface area contributed by atoms with Crippen molar-refractivity contribution in [2.75, 3.05) is 19.0 Å². The fourth-order valence-electron chi connectivity index (χ4n) is 1.66. The summed E-state index contributed by atoms with van der Waals surface area (Å²) in [6.45, 7) is 0. The van der Waals surface area contributed by atoms with E-state index in [9.17, 15) is 4.79 Å². The van der Waals surface area contributed by atoms with Crippen LogP contribution in [0, 0.1) is 0 Å². The van der Waals surface area contributed by atoms with Crippen molar-refractivity contribution in [2.24, 2.45) is 0 Å². The first kappa shape index (κ1) is 13.0. The smallest absolute Gasteiger partial charge is 0.185 e. The van der Waals surface area contributed by atoms with Crippen molar-refractivity contribution in [1.29, 1.82) is 0 Å². The largest absolute Gasteiger partial charge is 0.378 e. The lowest BCUT2D eigenvalue weighted by Crippen LogP contribution is -2.08. The third-order valence-electron chi connectivity index (χ3n) is 2.76. The molecule has 0 N–H and O–H groups in total. The minimum absolute atomic E-state index is 0.0176. The van der Waals surface area contributed by atoms with Gasteiger partial charge in [0, 0.05) is 31.5 Å². The molecule has 0 bridgehead atoms. The Bertz CT molecular complexity index is 571. The third kappa shape index (κ3) is 3.52. The Labute approximate surface area is 113 Å². The Balaban J connectivity index is 2.10. The number of allylic oxidation sites excluding steroid dienone is 1. The van der Waals surface area contributed by atoms with Gasteiger partial charge in [-0.2, -0.15) is 0 Å². The van der Waals surface area contributed by atoms with E-state index in [4.69, 9.17) is 0 Å². The minimum atomic E-state index is -0.0176. The molecule has 1 heterocycles. The lowest BCUT2D eigenvalue weighted by atomic mass is 10.1. The van der Waals surface area contributed by atoms with E-state index in [2.05, 4.69) is 4.98 Å². The van der Waals surface area contributed by atoms with E-state index in [1.54, 1.807) is 18.3 Å². The number of hydrogen-bond donors (Lipinski definition) is 0. The van der Waals surface area contributed by atoms with Gasteiger partial charge in [0.15, 0.2) is 5.78 Å². The fraction of sp³-hybridized carbons (Fsp3) is 0.125. The Morgan fingerprint density at radius 2 is 1.84 bits per heavy atom. The normalized spacial score (nSPS) is 10.6. The number of pyridine rings is 1. The lowest BCUT2D eigenvalue weighted by Gasteiger charge is -2.11. The Morgan fingerprint density at radius 1 is 1.11 bits per heavy atom. The highest BCUT2D eigenvalue weighted by Crippen LogP contribution is 2.13. The van der Waals surface area contributed by atoms with Crippen molar-refractivity contribution in [2.45, 2.75) is 0 Å². The summed E-state index contributed by atoms with van der Waals surface area (Å²) < 4.78 is 0. The molecule has 0 spiro atoms. The standard InChI is InChI=1S/C16H16N2O/c1-18(2)15-9-6-13(7-10-15)16(19)11-8-14-5-3-4-12-17-14/h3-12H,1-2H3/b11-8+. The zero-order valence-electron chi connectivity index (χ0n) is 11.1. The van der Waals surface area contributed by atoms with Gasteiger partial charge in [0.25, 0.3) is 0 Å². The number of carbonyl (C=O) groups excluding carboxylic acids is 1. The van der Waals surface area contributed by atoms with Gasteiger partial charge in [-0.3, -0.25) is 9.78 Å². The molecular formula is C16H16N2O. The Hall–Kier alpha value is -2.42. The van der Waals surface area contributed by atoms with Crippen LogP contribution in [0.3, 0.4) is 0 Å². The topological polar surface area (TPSA) is 33.2 Å². The van der Waals surface area contributed by atoms with Crippen LogP contribution >= 0.6 is 0 Å². The van der Waals surface area contributed by atoms with E-state index in [-0.39, 0.29) is 5.78 Å². The number of carbonyl (C=O) groups is 1. The molecule has 2 rings (SSSR count). The van der Waals surface area contributed by atoms with Crippen molar-refractivity contribution < 1.29 is 4.79 Å². The van der Waals surface area contributed by atoms with Crippen molar-refractivity contribution in [3.8, 4) is 0 Å². The van der Waals surface area contributed by atoms with E-state index in [0.717, 1.165) is 11.4 Å². The number of hydrogen-bond acceptors (Lipinski definition) is 3. The molecule has 0 unspecified atom stereocenters. The zero-order valence-corrected chi connectivity index (χ0v) is 11.1. The van der Waals surface area contributed by atoms with Crippen molar-refractivity contribution in [3.05, 3.63) is 66.0 Å². The summed E-state index contributed by atoms with van der Waals surface area (Å²) in [6.07, 6.45) is 4.98. The van der Waals surface area contributed by atoms with Crippen LogP contribution in [-0.4, -0.2) is 24.9 Å². The maximum Gasteiger partial charge on any atom is 0.185 e. The highest BCUT2D eigenvalue weighted by molar-refractivity contribution is 6.06. The molecule has 0 saturated heterocycles. The monoisotopic (exact) mass is 252 g/mol. The molecule has 3 heteroatoms. The van der Waals surface area contributed by atoms with E-state index < -0.39 is 0 Å². The van der Waals surface area contributed by atoms with Gasteiger partial charge in [-0.15, -0.1) is 0 Å². The molecule has 96 valence electrons. The molecule has 0 aliphatic carbocycles. The van der Waals surface area contributed by atoms with Crippen LogP contribution in [0.2, 0.25) is 0 Å². The molecular weight excluding hydrogens is 236 g/mol. The second-order valence-electron chi connectivity index (χ2n) is 4.39. The van der Waals surface area contributed by atoms with Gasteiger partial charge in [-0.05, 0) is 48.6 Å². The average molecular weight is 252 g/mol. The van der Waals surface area contributed by atoms with Crippen LogP contribution < -0.4 is 4.90 Å². The summed E-state index contributed by atoms with van der Waals surface area (Å²) in [7, 11) is 3.94. The second-order valence-corrected chi connectivity index (χ2v) is 4.39. The molecule has 1 aromatic heterocycles. The van der Waals surface area contributed by atoms with Crippen LogP contribution in [0.4, 0.5) is 5.69 Å². The molecule has 0 aliphatic heterocycles. The van der Waals surface area contributed by atoms with E-state index in [1.165, 1.54) is 0 Å². The summed E-state index contributed by atoms with van der Waals surface area (Å²) in [4.78, 5) is 18.1. The summed E-state index contributed by atoms with van der Waals surface area (Å²) in [5.41, 5.74) is 2.53. The molecule has 0 aliphatic rings. The second kappa shape index (κ2) is 5.96. The molecule has 0 radical (unpaired) electrons. The van der Waals surface area contributed by atoms with Crippen LogP contribution in [0.25, 0.3) is 6.08 Å².